The summed E-state index contributed by atoms with van der Waals surface area (Å²) in [5, 5.41) is 3.96. The largest absolute Gasteiger partial charge is 0.385 e. The summed E-state index contributed by atoms with van der Waals surface area (Å²) in [4.78, 5) is 0.161. The van der Waals surface area contributed by atoms with Gasteiger partial charge in [-0.05, 0) is 11.8 Å². The van der Waals surface area contributed by atoms with E-state index in [1.54, 1.807) is 7.11 Å². The zero-order valence-corrected chi connectivity index (χ0v) is 13.1. The molecule has 3 N–H and O–H groups in total. The third kappa shape index (κ3) is 5.20. The first-order valence-corrected chi connectivity index (χ1v) is 8.00. The summed E-state index contributed by atoms with van der Waals surface area (Å²) in [5.41, 5.74) is 5.23. The normalized spacial score (nSPS) is 12.8. The van der Waals surface area contributed by atoms with Gasteiger partial charge >= 0.3 is 0 Å². The highest BCUT2D eigenvalue weighted by molar-refractivity contribution is 7.89. The molecule has 0 amide bonds. The van der Waals surface area contributed by atoms with Gasteiger partial charge in [-0.25, -0.2) is 13.1 Å². The third-order valence-electron chi connectivity index (χ3n) is 3.00. The Morgan fingerprint density at radius 1 is 1.50 bits per heavy atom. The molecular weight excluding hydrogens is 280 g/mol. The Kier molecular flexibility index (Phi) is 6.12. The Morgan fingerprint density at radius 3 is 2.80 bits per heavy atom. The van der Waals surface area contributed by atoms with E-state index in [1.165, 1.54) is 17.1 Å². The highest BCUT2D eigenvalue weighted by Crippen LogP contribution is 2.20. The maximum absolute atomic E-state index is 12.1. The minimum Gasteiger partial charge on any atom is -0.385 e. The summed E-state index contributed by atoms with van der Waals surface area (Å²) < 4.78 is 33.4. The van der Waals surface area contributed by atoms with Crippen LogP contribution in [0.2, 0.25) is 0 Å². The molecule has 0 spiro atoms. The van der Waals surface area contributed by atoms with E-state index in [2.05, 4.69) is 9.82 Å². The highest BCUT2D eigenvalue weighted by atomic mass is 32.2. The molecule has 0 aliphatic rings. The molecule has 0 saturated carbocycles. The van der Waals surface area contributed by atoms with Gasteiger partial charge in [0.05, 0.1) is 12.7 Å². The fraction of sp³-hybridized carbons (Fsp3) is 0.750. The van der Waals surface area contributed by atoms with Crippen molar-refractivity contribution in [3.05, 3.63) is 12.4 Å². The lowest BCUT2D eigenvalue weighted by atomic mass is 9.90. The first-order valence-electron chi connectivity index (χ1n) is 6.52. The number of methoxy groups -OCH3 is 1. The molecule has 0 bridgehead atoms. The minimum absolute atomic E-state index is 0.161. The Bertz CT molecular complexity index is 511. The van der Waals surface area contributed by atoms with E-state index in [0.717, 1.165) is 6.42 Å². The van der Waals surface area contributed by atoms with Crippen molar-refractivity contribution >= 4 is 10.0 Å². The molecule has 0 aliphatic heterocycles. The molecule has 0 radical (unpaired) electrons. The number of hydrogen-bond acceptors (Lipinski definition) is 5. The van der Waals surface area contributed by atoms with E-state index in [-0.39, 0.29) is 10.3 Å². The molecule has 116 valence electrons. The van der Waals surface area contributed by atoms with Crippen LogP contribution < -0.4 is 10.5 Å². The number of rotatable bonds is 9. The van der Waals surface area contributed by atoms with Crippen LogP contribution in [0, 0.1) is 5.41 Å². The lowest BCUT2D eigenvalue weighted by molar-refractivity contribution is 0.153. The van der Waals surface area contributed by atoms with Gasteiger partial charge in [-0.15, -0.1) is 0 Å². The number of nitrogens with zero attached hydrogens (tertiary/aromatic N) is 2. The van der Waals surface area contributed by atoms with Gasteiger partial charge in [-0.3, -0.25) is 4.68 Å². The predicted molar refractivity (Wildman–Crippen MR) is 76.7 cm³/mol. The summed E-state index contributed by atoms with van der Waals surface area (Å²) in [6.45, 7) is 5.84. The number of nitrogens with two attached hydrogens (primary N) is 1. The van der Waals surface area contributed by atoms with Crippen LogP contribution in [0.5, 0.6) is 0 Å². The summed E-state index contributed by atoms with van der Waals surface area (Å²) in [7, 11) is -1.90. The Morgan fingerprint density at radius 2 is 2.20 bits per heavy atom. The predicted octanol–water partition coefficient (Wildman–Crippen LogP) is 0.183. The molecule has 1 aromatic rings. The molecule has 0 fully saturated rings. The first kappa shape index (κ1) is 17.1. The molecule has 7 nitrogen and oxygen atoms in total. The van der Waals surface area contributed by atoms with Crippen molar-refractivity contribution in [1.82, 2.24) is 14.5 Å². The van der Waals surface area contributed by atoms with Gasteiger partial charge in [0.2, 0.25) is 10.0 Å². The van der Waals surface area contributed by atoms with Gasteiger partial charge < -0.3 is 10.5 Å². The molecule has 0 unspecified atom stereocenters. The van der Waals surface area contributed by atoms with Gasteiger partial charge in [-0.2, -0.15) is 5.10 Å². The summed E-state index contributed by atoms with van der Waals surface area (Å²) in [5.74, 6) is 0. The zero-order chi connectivity index (χ0) is 15.2. The topological polar surface area (TPSA) is 99.2 Å². The maximum Gasteiger partial charge on any atom is 0.243 e. The Labute approximate surface area is 120 Å². The number of aromatic nitrogens is 2. The summed E-state index contributed by atoms with van der Waals surface area (Å²) in [6.07, 6.45) is 3.59. The van der Waals surface area contributed by atoms with Gasteiger partial charge in [0.15, 0.2) is 0 Å². The van der Waals surface area contributed by atoms with Gasteiger partial charge in [0.1, 0.15) is 4.90 Å². The smallest absolute Gasteiger partial charge is 0.243 e. The van der Waals surface area contributed by atoms with Crippen LogP contribution in [-0.4, -0.2) is 45.0 Å². The second kappa shape index (κ2) is 7.16. The number of nitrogens with one attached hydrogen (secondary N) is 1. The fourth-order valence-electron chi connectivity index (χ4n) is 1.58. The average Bonchev–Trinajstić information content (AvgIpc) is 2.84. The zero-order valence-electron chi connectivity index (χ0n) is 12.3. The second-order valence-electron chi connectivity index (χ2n) is 5.46. The number of ether oxygens (including phenoxy) is 1. The van der Waals surface area contributed by atoms with Crippen molar-refractivity contribution in [3.8, 4) is 0 Å². The average molecular weight is 304 g/mol. The van der Waals surface area contributed by atoms with E-state index in [1.807, 2.05) is 13.8 Å². The number of hydrogen-bond donors (Lipinski definition) is 2. The maximum atomic E-state index is 12.1. The molecule has 0 aliphatic carbocycles. The van der Waals surface area contributed by atoms with Crippen molar-refractivity contribution in [2.75, 3.05) is 26.8 Å². The highest BCUT2D eigenvalue weighted by Gasteiger charge is 2.23. The van der Waals surface area contributed by atoms with Gasteiger partial charge in [0, 0.05) is 33.0 Å². The number of sulfonamides is 1. The second-order valence-corrected chi connectivity index (χ2v) is 7.23. The van der Waals surface area contributed by atoms with Crippen LogP contribution in [0.15, 0.2) is 17.3 Å². The first-order chi connectivity index (χ1) is 9.30. The van der Waals surface area contributed by atoms with E-state index >= 15 is 0 Å². The van der Waals surface area contributed by atoms with Crippen LogP contribution in [0.4, 0.5) is 0 Å². The van der Waals surface area contributed by atoms with Crippen LogP contribution >= 0.6 is 0 Å². The molecule has 1 rings (SSSR count). The molecular formula is C12H24N4O3S. The summed E-state index contributed by atoms with van der Waals surface area (Å²) >= 11 is 0. The van der Waals surface area contributed by atoms with E-state index in [0.29, 0.717) is 26.2 Å². The van der Waals surface area contributed by atoms with Crippen LogP contribution in [-0.2, 0) is 21.3 Å². The SMILES string of the molecule is COCCC(C)(C)CNS(=O)(=O)c1cnn(CCN)c1. The Hall–Kier alpha value is -0.960. The monoisotopic (exact) mass is 304 g/mol. The van der Waals surface area contributed by atoms with Crippen LogP contribution in [0.3, 0.4) is 0 Å². The molecule has 0 atom stereocenters. The van der Waals surface area contributed by atoms with E-state index in [4.69, 9.17) is 10.5 Å². The molecule has 0 saturated heterocycles. The standard InChI is InChI=1S/C12H24N4O3S/c1-12(2,4-7-19-3)10-15-20(17,18)11-8-14-16(9-11)6-5-13/h8-9,15H,4-7,10,13H2,1-3H3. The Balaban J connectivity index is 2.64. The van der Waals surface area contributed by atoms with Crippen molar-refractivity contribution in [1.29, 1.82) is 0 Å². The third-order valence-corrected chi connectivity index (χ3v) is 4.36. The lowest BCUT2D eigenvalue weighted by Gasteiger charge is -2.24. The van der Waals surface area contributed by atoms with E-state index in [9.17, 15) is 8.42 Å². The molecule has 8 heteroatoms. The summed E-state index contributed by atoms with van der Waals surface area (Å²) in [6, 6.07) is 0. The van der Waals surface area contributed by atoms with E-state index < -0.39 is 10.0 Å². The molecule has 20 heavy (non-hydrogen) atoms. The van der Waals surface area contributed by atoms with Crippen molar-refractivity contribution in [2.24, 2.45) is 11.1 Å². The van der Waals surface area contributed by atoms with Crippen LogP contribution in [0.1, 0.15) is 20.3 Å². The molecule has 0 aromatic carbocycles. The van der Waals surface area contributed by atoms with Crippen molar-refractivity contribution < 1.29 is 13.2 Å². The van der Waals surface area contributed by atoms with Crippen molar-refractivity contribution in [2.45, 2.75) is 31.7 Å². The molecule has 1 aromatic heterocycles. The fourth-order valence-corrected chi connectivity index (χ4v) is 2.77. The lowest BCUT2D eigenvalue weighted by Crippen LogP contribution is -2.34. The minimum atomic E-state index is -3.53. The van der Waals surface area contributed by atoms with Crippen molar-refractivity contribution in [3.63, 3.8) is 0 Å². The van der Waals surface area contributed by atoms with Gasteiger partial charge in [-0.1, -0.05) is 13.8 Å². The molecule has 1 heterocycles. The quantitative estimate of drug-likeness (QED) is 0.678. The van der Waals surface area contributed by atoms with Crippen LogP contribution in [0.25, 0.3) is 0 Å². The van der Waals surface area contributed by atoms with Gasteiger partial charge in [0.25, 0.3) is 0 Å².